The molecule has 0 saturated carbocycles. The summed E-state index contributed by atoms with van der Waals surface area (Å²) in [6, 6.07) is 12.3. The number of hydrogen-bond acceptors (Lipinski definition) is 4. The Hall–Kier alpha value is -2.38. The highest BCUT2D eigenvalue weighted by molar-refractivity contribution is 7.89. The molecule has 1 atom stereocenters. The van der Waals surface area contributed by atoms with Crippen molar-refractivity contribution >= 4 is 21.6 Å². The van der Waals surface area contributed by atoms with E-state index in [1.54, 1.807) is 19.1 Å². The van der Waals surface area contributed by atoms with Crippen molar-refractivity contribution in [1.29, 1.82) is 0 Å². The molecule has 1 aliphatic rings. The molecule has 2 aromatic carbocycles. The van der Waals surface area contributed by atoms with Crippen molar-refractivity contribution in [3.05, 3.63) is 53.6 Å². The third-order valence-electron chi connectivity index (χ3n) is 5.12. The lowest BCUT2D eigenvalue weighted by molar-refractivity contribution is -0.122. The molecule has 0 bridgehead atoms. The van der Waals surface area contributed by atoms with Crippen molar-refractivity contribution in [2.24, 2.45) is 0 Å². The number of hydrogen-bond donors (Lipinski definition) is 1. The Balaban J connectivity index is 1.73. The topological polar surface area (TPSA) is 75.7 Å². The zero-order valence-corrected chi connectivity index (χ0v) is 18.0. The molecule has 0 unspecified atom stereocenters. The summed E-state index contributed by atoms with van der Waals surface area (Å²) in [7, 11) is -3.56. The summed E-state index contributed by atoms with van der Waals surface area (Å²) in [5.41, 5.74) is 2.38. The normalized spacial score (nSPS) is 16.2. The van der Waals surface area contributed by atoms with Crippen LogP contribution in [0.1, 0.15) is 37.3 Å². The highest BCUT2D eigenvalue weighted by atomic mass is 32.2. The number of carbonyl (C=O) groups is 1. The molecule has 1 heterocycles. The maximum Gasteiger partial charge on any atom is 0.265 e. The third-order valence-corrected chi connectivity index (χ3v) is 7.02. The van der Waals surface area contributed by atoms with Gasteiger partial charge < -0.3 is 10.1 Å². The van der Waals surface area contributed by atoms with Crippen molar-refractivity contribution in [2.45, 2.75) is 51.0 Å². The molecule has 1 aliphatic heterocycles. The van der Waals surface area contributed by atoms with Crippen molar-refractivity contribution in [2.75, 3.05) is 18.4 Å². The number of amides is 1. The van der Waals surface area contributed by atoms with Gasteiger partial charge in [-0.2, -0.15) is 4.31 Å². The summed E-state index contributed by atoms with van der Waals surface area (Å²) in [5.74, 6) is 0.276. The fourth-order valence-electron chi connectivity index (χ4n) is 3.26. The highest BCUT2D eigenvalue weighted by Crippen LogP contribution is 2.25. The van der Waals surface area contributed by atoms with Gasteiger partial charge in [-0.15, -0.1) is 0 Å². The van der Waals surface area contributed by atoms with Gasteiger partial charge in [0, 0.05) is 18.8 Å². The van der Waals surface area contributed by atoms with E-state index in [0.717, 1.165) is 30.4 Å². The molecule has 6 nitrogen and oxygen atoms in total. The second kappa shape index (κ2) is 8.97. The minimum atomic E-state index is -3.56. The van der Waals surface area contributed by atoms with Gasteiger partial charge in [0.15, 0.2) is 6.10 Å². The Labute approximate surface area is 172 Å². The lowest BCUT2D eigenvalue weighted by Crippen LogP contribution is -2.35. The van der Waals surface area contributed by atoms with Gasteiger partial charge >= 0.3 is 0 Å². The number of sulfonamides is 1. The Bertz CT molecular complexity index is 965. The number of ether oxygens (including phenoxy) is 1. The number of anilines is 1. The van der Waals surface area contributed by atoms with Gasteiger partial charge in [-0.25, -0.2) is 8.42 Å². The van der Waals surface area contributed by atoms with Crippen molar-refractivity contribution < 1.29 is 17.9 Å². The van der Waals surface area contributed by atoms with Crippen LogP contribution in [0.25, 0.3) is 0 Å². The van der Waals surface area contributed by atoms with Crippen molar-refractivity contribution in [3.8, 4) is 5.75 Å². The third kappa shape index (κ3) is 5.16. The average molecular weight is 417 g/mol. The van der Waals surface area contributed by atoms with E-state index in [1.165, 1.54) is 10.4 Å². The van der Waals surface area contributed by atoms with Gasteiger partial charge in [0.2, 0.25) is 10.0 Å². The van der Waals surface area contributed by atoms with Gasteiger partial charge in [-0.1, -0.05) is 30.2 Å². The van der Waals surface area contributed by atoms with Gasteiger partial charge in [0.25, 0.3) is 5.91 Å². The van der Waals surface area contributed by atoms with Crippen LogP contribution in [-0.4, -0.2) is 37.8 Å². The summed E-state index contributed by atoms with van der Waals surface area (Å²) in [6.07, 6.45) is 2.09. The molecule has 1 N–H and O–H groups in total. The minimum Gasteiger partial charge on any atom is -0.481 e. The van der Waals surface area contributed by atoms with E-state index in [2.05, 4.69) is 5.32 Å². The lowest BCUT2D eigenvalue weighted by atomic mass is 10.2. The first-order chi connectivity index (χ1) is 13.8. The summed E-state index contributed by atoms with van der Waals surface area (Å²) in [6.45, 7) is 6.56. The Morgan fingerprint density at radius 3 is 2.34 bits per heavy atom. The maximum absolute atomic E-state index is 12.9. The number of nitrogens with one attached hydrogen (secondary N) is 1. The van der Waals surface area contributed by atoms with Crippen LogP contribution in [-0.2, 0) is 14.8 Å². The zero-order valence-electron chi connectivity index (χ0n) is 17.1. The van der Waals surface area contributed by atoms with E-state index >= 15 is 0 Å². The maximum atomic E-state index is 12.9. The van der Waals surface area contributed by atoms with Crippen molar-refractivity contribution in [1.82, 2.24) is 4.31 Å². The predicted octanol–water partition coefficient (Wildman–Crippen LogP) is 3.88. The molecule has 1 fully saturated rings. The van der Waals surface area contributed by atoms with E-state index in [-0.39, 0.29) is 10.8 Å². The average Bonchev–Trinajstić information content (AvgIpc) is 2.71. The lowest BCUT2D eigenvalue weighted by Gasteiger charge is -2.26. The molecular formula is C22H28N2O4S. The smallest absolute Gasteiger partial charge is 0.265 e. The molecule has 2 aromatic rings. The largest absolute Gasteiger partial charge is 0.481 e. The molecule has 0 spiro atoms. The van der Waals surface area contributed by atoms with E-state index in [9.17, 15) is 13.2 Å². The molecule has 7 heteroatoms. The number of aryl methyl sites for hydroxylation is 2. The summed E-state index contributed by atoms with van der Waals surface area (Å²) in [4.78, 5) is 12.8. The summed E-state index contributed by atoms with van der Waals surface area (Å²) < 4.78 is 33.1. The molecular weight excluding hydrogens is 388 g/mol. The summed E-state index contributed by atoms with van der Waals surface area (Å²) >= 11 is 0. The number of rotatable bonds is 6. The van der Waals surface area contributed by atoms with Crippen molar-refractivity contribution in [3.63, 3.8) is 0 Å². The van der Waals surface area contributed by atoms with E-state index in [0.29, 0.717) is 24.5 Å². The van der Waals surface area contributed by atoms with Crippen LogP contribution in [0, 0.1) is 13.8 Å². The van der Waals surface area contributed by atoms with Crippen LogP contribution >= 0.6 is 0 Å². The van der Waals surface area contributed by atoms with Crippen LogP contribution in [0.5, 0.6) is 5.75 Å². The molecule has 1 amide bonds. The number of piperidine rings is 1. The molecule has 1 saturated heterocycles. The quantitative estimate of drug-likeness (QED) is 0.775. The summed E-state index contributed by atoms with van der Waals surface area (Å²) in [5, 5.41) is 2.81. The van der Waals surface area contributed by atoms with E-state index < -0.39 is 16.1 Å². The fraction of sp³-hybridized carbons (Fsp3) is 0.409. The standard InChI is InChI=1S/C22H28N2O4S/c1-16-7-10-19(11-8-16)28-18(3)22(25)23-21-15-20(12-9-17(21)2)29(26,27)24-13-5-4-6-14-24/h7-12,15,18H,4-6,13-14H2,1-3H3,(H,23,25)/t18-/m1/s1. The minimum absolute atomic E-state index is 0.201. The van der Waals surface area contributed by atoms with Gasteiger partial charge in [-0.05, 0) is 63.4 Å². The number of nitrogens with zero attached hydrogens (tertiary/aromatic N) is 1. The predicted molar refractivity (Wildman–Crippen MR) is 114 cm³/mol. The molecule has 0 aliphatic carbocycles. The second-order valence-corrected chi connectivity index (χ2v) is 9.44. The van der Waals surface area contributed by atoms with E-state index in [1.807, 2.05) is 38.1 Å². The van der Waals surface area contributed by atoms with Gasteiger partial charge in [0.05, 0.1) is 4.90 Å². The molecule has 0 radical (unpaired) electrons. The fourth-order valence-corrected chi connectivity index (χ4v) is 4.80. The Kier molecular flexibility index (Phi) is 6.59. The molecule has 156 valence electrons. The van der Waals surface area contributed by atoms with E-state index in [4.69, 9.17) is 4.74 Å². The number of carbonyl (C=O) groups excluding carboxylic acids is 1. The van der Waals surface area contributed by atoms with Crippen LogP contribution in [0.15, 0.2) is 47.4 Å². The van der Waals surface area contributed by atoms with Crippen LogP contribution in [0.3, 0.4) is 0 Å². The van der Waals surface area contributed by atoms with Crippen LogP contribution < -0.4 is 10.1 Å². The number of benzene rings is 2. The second-order valence-electron chi connectivity index (χ2n) is 7.50. The first-order valence-corrected chi connectivity index (χ1v) is 11.4. The van der Waals surface area contributed by atoms with Crippen LogP contribution in [0.2, 0.25) is 0 Å². The Morgan fingerprint density at radius 2 is 1.69 bits per heavy atom. The molecule has 0 aromatic heterocycles. The zero-order chi connectivity index (χ0) is 21.0. The monoisotopic (exact) mass is 416 g/mol. The molecule has 29 heavy (non-hydrogen) atoms. The highest BCUT2D eigenvalue weighted by Gasteiger charge is 2.26. The first kappa shape index (κ1) is 21.3. The van der Waals surface area contributed by atoms with Gasteiger partial charge in [-0.3, -0.25) is 4.79 Å². The molecule has 3 rings (SSSR count). The van der Waals surface area contributed by atoms with Gasteiger partial charge in [0.1, 0.15) is 5.75 Å². The van der Waals surface area contributed by atoms with Crippen LogP contribution in [0.4, 0.5) is 5.69 Å². The first-order valence-electron chi connectivity index (χ1n) is 9.92. The SMILES string of the molecule is Cc1ccc(O[C@H](C)C(=O)Nc2cc(S(=O)(=O)N3CCCCC3)ccc2C)cc1. The Morgan fingerprint density at radius 1 is 1.03 bits per heavy atom.